The quantitative estimate of drug-likeness (QED) is 0.368. The third kappa shape index (κ3) is 4.34. The number of H-pyrrole nitrogens is 1. The van der Waals surface area contributed by atoms with E-state index in [2.05, 4.69) is 15.7 Å². The van der Waals surface area contributed by atoms with Crippen molar-refractivity contribution in [1.29, 1.82) is 0 Å². The van der Waals surface area contributed by atoms with Gasteiger partial charge in [-0.05, 0) is 24.8 Å². The fourth-order valence-electron chi connectivity index (χ4n) is 3.76. The van der Waals surface area contributed by atoms with Gasteiger partial charge in [0.2, 0.25) is 11.5 Å². The van der Waals surface area contributed by atoms with Crippen molar-refractivity contribution in [1.82, 2.24) is 25.1 Å². The molecule has 1 saturated heterocycles. The minimum absolute atomic E-state index is 0.0590. The number of piperazine rings is 1. The normalized spacial score (nSPS) is 17.1. The minimum atomic E-state index is -0.626. The Balaban J connectivity index is 1.75. The molecule has 2 aromatic heterocycles. The van der Waals surface area contributed by atoms with Crippen molar-refractivity contribution >= 4 is 23.5 Å². The van der Waals surface area contributed by atoms with Crippen molar-refractivity contribution in [3.8, 4) is 5.88 Å². The lowest BCUT2D eigenvalue weighted by Crippen LogP contribution is -2.46. The van der Waals surface area contributed by atoms with Crippen molar-refractivity contribution in [2.24, 2.45) is 5.92 Å². The Morgan fingerprint density at radius 2 is 2.03 bits per heavy atom. The van der Waals surface area contributed by atoms with Crippen LogP contribution in [0.15, 0.2) is 17.1 Å². The molecular formula is C21H29N6O4+. The molecule has 31 heavy (non-hydrogen) atoms. The third-order valence-electron chi connectivity index (χ3n) is 5.49. The van der Waals surface area contributed by atoms with Crippen LogP contribution in [0.4, 0.5) is 0 Å². The highest BCUT2D eigenvalue weighted by Crippen LogP contribution is 2.21. The van der Waals surface area contributed by atoms with Crippen molar-refractivity contribution in [3.63, 3.8) is 0 Å². The highest BCUT2D eigenvalue weighted by molar-refractivity contribution is 5.96. The largest absolute Gasteiger partial charge is 0.477 e. The van der Waals surface area contributed by atoms with Gasteiger partial charge in [-0.15, -0.1) is 0 Å². The van der Waals surface area contributed by atoms with Gasteiger partial charge in [-0.3, -0.25) is 9.59 Å². The van der Waals surface area contributed by atoms with Gasteiger partial charge in [-0.25, -0.2) is 9.89 Å². The second-order valence-corrected chi connectivity index (χ2v) is 8.55. The SMILES string of the molecule is CC(C)C[n+]1c(O)c(C(=O)NC2CC2)c(=O)n2[nH]cc(/C=C/C(=O)N3CCNCC3)c21. The van der Waals surface area contributed by atoms with Crippen LogP contribution < -0.4 is 20.8 Å². The van der Waals surface area contributed by atoms with E-state index >= 15 is 0 Å². The van der Waals surface area contributed by atoms with Crippen molar-refractivity contribution in [3.05, 3.63) is 33.8 Å². The molecule has 10 nitrogen and oxygen atoms in total. The monoisotopic (exact) mass is 429 g/mol. The van der Waals surface area contributed by atoms with Crippen LogP contribution in [0.2, 0.25) is 0 Å². The molecule has 2 aromatic rings. The summed E-state index contributed by atoms with van der Waals surface area (Å²) in [5.74, 6) is -0.897. The molecule has 1 aliphatic carbocycles. The number of carbonyl (C=O) groups excluding carboxylic acids is 2. The van der Waals surface area contributed by atoms with Crippen LogP contribution in [-0.2, 0) is 11.3 Å². The van der Waals surface area contributed by atoms with E-state index in [9.17, 15) is 19.5 Å². The van der Waals surface area contributed by atoms with Crippen LogP contribution in [0, 0.1) is 5.92 Å². The number of aromatic amines is 1. The average molecular weight is 430 g/mol. The number of hydrogen-bond donors (Lipinski definition) is 4. The van der Waals surface area contributed by atoms with Crippen molar-refractivity contribution < 1.29 is 19.3 Å². The van der Waals surface area contributed by atoms with Gasteiger partial charge in [-0.1, -0.05) is 18.4 Å². The van der Waals surface area contributed by atoms with E-state index < -0.39 is 11.5 Å². The van der Waals surface area contributed by atoms with Crippen LogP contribution in [0.25, 0.3) is 11.7 Å². The number of rotatable bonds is 6. The van der Waals surface area contributed by atoms with Gasteiger partial charge in [0.25, 0.3) is 5.91 Å². The van der Waals surface area contributed by atoms with Crippen molar-refractivity contribution in [2.75, 3.05) is 26.2 Å². The zero-order valence-electron chi connectivity index (χ0n) is 17.9. The summed E-state index contributed by atoms with van der Waals surface area (Å²) >= 11 is 0. The van der Waals surface area contributed by atoms with Crippen LogP contribution in [-0.4, -0.2) is 63.7 Å². The number of nitrogens with zero attached hydrogens (tertiary/aromatic N) is 3. The lowest BCUT2D eigenvalue weighted by molar-refractivity contribution is -0.686. The zero-order chi connectivity index (χ0) is 22.1. The smallest absolute Gasteiger partial charge is 0.378 e. The predicted molar refractivity (Wildman–Crippen MR) is 114 cm³/mol. The fourth-order valence-corrected chi connectivity index (χ4v) is 3.76. The molecule has 0 atom stereocenters. The molecule has 10 heteroatoms. The lowest BCUT2D eigenvalue weighted by Gasteiger charge is -2.26. The molecule has 4 N–H and O–H groups in total. The lowest BCUT2D eigenvalue weighted by atomic mass is 10.2. The highest BCUT2D eigenvalue weighted by atomic mass is 16.3. The highest BCUT2D eigenvalue weighted by Gasteiger charge is 2.34. The summed E-state index contributed by atoms with van der Waals surface area (Å²) in [4.78, 5) is 39.9. The molecule has 0 radical (unpaired) electrons. The van der Waals surface area contributed by atoms with E-state index in [1.54, 1.807) is 21.7 Å². The van der Waals surface area contributed by atoms with Gasteiger partial charge in [0.15, 0.2) is 0 Å². The molecule has 2 aliphatic rings. The molecule has 1 saturated carbocycles. The number of aromatic nitrogens is 3. The maximum Gasteiger partial charge on any atom is 0.378 e. The molecule has 2 amide bonds. The number of nitrogens with one attached hydrogen (secondary N) is 3. The Morgan fingerprint density at radius 3 is 2.68 bits per heavy atom. The first-order valence-corrected chi connectivity index (χ1v) is 10.7. The first-order chi connectivity index (χ1) is 14.9. The Hall–Kier alpha value is -3.14. The summed E-state index contributed by atoms with van der Waals surface area (Å²) in [5.41, 5.74) is 0.0762. The van der Waals surface area contributed by atoms with Crippen LogP contribution >= 0.6 is 0 Å². The fraction of sp³-hybridized carbons (Fsp3) is 0.524. The maximum absolute atomic E-state index is 13.0. The summed E-state index contributed by atoms with van der Waals surface area (Å²) in [6.07, 6.45) is 6.46. The molecule has 0 bridgehead atoms. The third-order valence-corrected chi connectivity index (χ3v) is 5.49. The summed E-state index contributed by atoms with van der Waals surface area (Å²) in [6, 6.07) is 0.0590. The number of aromatic hydroxyl groups is 1. The van der Waals surface area contributed by atoms with E-state index in [0.29, 0.717) is 30.8 Å². The maximum atomic E-state index is 13.0. The van der Waals surface area contributed by atoms with Crippen molar-refractivity contribution in [2.45, 2.75) is 39.3 Å². The topological polar surface area (TPSA) is 123 Å². The molecule has 0 spiro atoms. The number of amides is 2. The van der Waals surface area contributed by atoms with E-state index in [4.69, 9.17) is 0 Å². The number of hydrogen-bond acceptors (Lipinski definition) is 5. The second-order valence-electron chi connectivity index (χ2n) is 8.55. The minimum Gasteiger partial charge on any atom is -0.477 e. The first kappa shape index (κ1) is 21.1. The molecule has 1 aliphatic heterocycles. The van der Waals surface area contributed by atoms with Gasteiger partial charge in [0, 0.05) is 38.3 Å². The Bertz CT molecular complexity index is 1090. The Labute approximate surface area is 179 Å². The van der Waals surface area contributed by atoms with Gasteiger partial charge in [-0.2, -0.15) is 4.57 Å². The van der Waals surface area contributed by atoms with Gasteiger partial charge in [0.05, 0.1) is 18.3 Å². The van der Waals surface area contributed by atoms with Gasteiger partial charge >= 0.3 is 17.1 Å². The zero-order valence-corrected chi connectivity index (χ0v) is 17.9. The molecule has 166 valence electrons. The second kappa shape index (κ2) is 8.54. The predicted octanol–water partition coefficient (Wildman–Crippen LogP) is -0.386. The summed E-state index contributed by atoms with van der Waals surface area (Å²) in [5, 5.41) is 19.8. The van der Waals surface area contributed by atoms with Gasteiger partial charge in [0.1, 0.15) is 0 Å². The molecule has 0 aromatic carbocycles. The summed E-state index contributed by atoms with van der Waals surface area (Å²) in [7, 11) is 0. The molecule has 3 heterocycles. The first-order valence-electron chi connectivity index (χ1n) is 10.7. The Morgan fingerprint density at radius 1 is 1.32 bits per heavy atom. The van der Waals surface area contributed by atoms with E-state index in [0.717, 1.165) is 25.9 Å². The van der Waals surface area contributed by atoms with Crippen LogP contribution in [0.1, 0.15) is 42.6 Å². The van der Waals surface area contributed by atoms with E-state index in [1.807, 2.05) is 13.8 Å². The average Bonchev–Trinajstić information content (AvgIpc) is 3.45. The van der Waals surface area contributed by atoms with E-state index in [-0.39, 0.29) is 29.3 Å². The van der Waals surface area contributed by atoms with Crippen LogP contribution in [0.5, 0.6) is 5.88 Å². The van der Waals surface area contributed by atoms with Gasteiger partial charge < -0.3 is 20.6 Å². The Kier molecular flexibility index (Phi) is 5.81. The number of fused-ring (bicyclic) bond motifs is 1. The standard InChI is InChI=1S/C21H28N6O4/c1-13(2)12-26-19-14(3-6-16(28)25-9-7-22-8-10-25)11-23-27(19)21(31)17(20(26)30)18(29)24-15-4-5-15/h3,6,11,13,15,22H,4-5,7-10,12H2,1-2H3,(H2,24,29,30,31)/p+1/b6-3+. The molecule has 4 rings (SSSR count). The molecular weight excluding hydrogens is 400 g/mol. The molecule has 2 fully saturated rings. The number of carbonyl (C=O) groups is 2. The summed E-state index contributed by atoms with van der Waals surface area (Å²) in [6.45, 7) is 7.16. The molecule has 0 unspecified atom stereocenters. The van der Waals surface area contributed by atoms with Crippen LogP contribution in [0.3, 0.4) is 0 Å². The summed E-state index contributed by atoms with van der Waals surface area (Å²) < 4.78 is 2.80. The van der Waals surface area contributed by atoms with E-state index in [1.165, 1.54) is 10.6 Å².